The van der Waals surface area contributed by atoms with Crippen LogP contribution in [-0.4, -0.2) is 18.6 Å². The zero-order chi connectivity index (χ0) is 8.20. The Bertz CT molecular complexity index is 131. The topological polar surface area (TPSA) is 32.3 Å². The summed E-state index contributed by atoms with van der Waals surface area (Å²) in [6, 6.07) is 0. The summed E-state index contributed by atoms with van der Waals surface area (Å²) in [5.41, 5.74) is 0. The van der Waals surface area contributed by atoms with Crippen LogP contribution in [0.2, 0.25) is 0 Å². The second-order valence-corrected chi connectivity index (χ2v) is 2.46. The summed E-state index contributed by atoms with van der Waals surface area (Å²) < 4.78 is 38.1. The van der Waals surface area contributed by atoms with Crippen LogP contribution < -0.4 is 4.89 Å². The number of rotatable bonds is 2. The number of hydrogen-bond acceptors (Lipinski definition) is 2. The van der Waals surface area contributed by atoms with Crippen LogP contribution in [0, 0.1) is 0 Å². The van der Waals surface area contributed by atoms with Crippen molar-refractivity contribution >= 4 is 13.8 Å². The summed E-state index contributed by atoms with van der Waals surface area (Å²) in [5.74, 6) is -0.272. The molecule has 0 amide bonds. The Morgan fingerprint density at radius 2 is 2.10 bits per heavy atom. The minimum Gasteiger partial charge on any atom is -0.603 e. The molecule has 0 aromatic heterocycles. The fraction of sp³-hybridized carbons (Fsp3) is 0.750. The highest BCUT2D eigenvalue weighted by atomic mass is 31.1. The predicted molar refractivity (Wildman–Crippen MR) is 30.7 cm³/mol. The maximum atomic E-state index is 11.3. The van der Waals surface area contributed by atoms with Crippen LogP contribution in [0.3, 0.4) is 0 Å². The number of alkyl halides is 3. The van der Waals surface area contributed by atoms with Crippen molar-refractivity contribution in [3.05, 3.63) is 0 Å². The van der Waals surface area contributed by atoms with Gasteiger partial charge in [-0.2, -0.15) is 17.7 Å². The molecule has 0 aliphatic heterocycles. The summed E-state index contributed by atoms with van der Waals surface area (Å²) in [4.78, 5) is 10.2. The Morgan fingerprint density at radius 1 is 1.60 bits per heavy atom. The quantitative estimate of drug-likeness (QED) is 0.586. The number of halogens is 3. The van der Waals surface area contributed by atoms with Gasteiger partial charge in [0, 0.05) is 0 Å². The van der Waals surface area contributed by atoms with Gasteiger partial charge in [0.1, 0.15) is 0 Å². The van der Waals surface area contributed by atoms with E-state index in [1.165, 1.54) is 6.92 Å². The average molecular weight is 174 g/mol. The Balaban J connectivity index is 3.90. The maximum absolute atomic E-state index is 11.3. The van der Waals surface area contributed by atoms with E-state index in [2.05, 4.69) is 4.52 Å². The molecule has 60 valence electrons. The largest absolute Gasteiger partial charge is 0.603 e. The molecule has 0 saturated carbocycles. The van der Waals surface area contributed by atoms with Crippen molar-refractivity contribution in [1.29, 1.82) is 0 Å². The van der Waals surface area contributed by atoms with E-state index in [-0.39, 0.29) is 12.4 Å². The third-order valence-electron chi connectivity index (χ3n) is 0.508. The van der Waals surface area contributed by atoms with Crippen LogP contribution >= 0.6 is 8.00 Å². The third-order valence-corrected chi connectivity index (χ3v) is 1.52. The molecule has 1 atom stereocenters. The van der Waals surface area contributed by atoms with E-state index in [1.807, 2.05) is 0 Å². The molecule has 10 heavy (non-hydrogen) atoms. The maximum Gasteiger partial charge on any atom is 0.451 e. The highest BCUT2D eigenvalue weighted by molar-refractivity contribution is 7.44. The number of hydrogen-bond donors (Lipinski definition) is 0. The lowest BCUT2D eigenvalue weighted by atomic mass is 10.8. The molecule has 6 heteroatoms. The van der Waals surface area contributed by atoms with E-state index in [4.69, 9.17) is 0 Å². The first-order chi connectivity index (χ1) is 4.45. The van der Waals surface area contributed by atoms with Crippen molar-refractivity contribution in [1.82, 2.24) is 0 Å². The lowest BCUT2D eigenvalue weighted by molar-refractivity contribution is -0.172. The second-order valence-electron chi connectivity index (χ2n) is 1.37. The normalized spacial score (nSPS) is 13.9. The first-order valence-electron chi connectivity index (χ1n) is 2.47. The van der Waals surface area contributed by atoms with Gasteiger partial charge in [0.05, 0.1) is 6.61 Å². The van der Waals surface area contributed by atoms with E-state index < -0.39 is 14.2 Å². The molecule has 1 unspecified atom stereocenters. The van der Waals surface area contributed by atoms with Crippen molar-refractivity contribution in [3.8, 4) is 0 Å². The predicted octanol–water partition coefficient (Wildman–Crippen LogP) is 1.06. The van der Waals surface area contributed by atoms with Gasteiger partial charge >= 0.3 is 6.18 Å². The zero-order valence-corrected chi connectivity index (χ0v) is 6.08. The fourth-order valence-corrected chi connectivity index (χ4v) is 0.852. The van der Waals surface area contributed by atoms with E-state index in [9.17, 15) is 18.1 Å². The van der Waals surface area contributed by atoms with Gasteiger partial charge in [-0.05, 0) is 6.92 Å². The van der Waals surface area contributed by atoms with Gasteiger partial charge < -0.3 is 4.89 Å². The Hall–Kier alpha value is -0.120. The average Bonchev–Trinajstić information content (AvgIpc) is 1.59. The van der Waals surface area contributed by atoms with Crippen LogP contribution in [0.4, 0.5) is 13.2 Å². The molecule has 0 bridgehead atoms. The highest BCUT2D eigenvalue weighted by Gasteiger charge is 2.29. The minimum absolute atomic E-state index is 0.0157. The molecule has 0 N–H and O–H groups in total. The van der Waals surface area contributed by atoms with Crippen molar-refractivity contribution in [2.75, 3.05) is 6.61 Å². The molecule has 0 fully saturated rings. The summed E-state index contributed by atoms with van der Waals surface area (Å²) in [5, 5.41) is 0. The molecule has 2 nitrogen and oxygen atoms in total. The van der Waals surface area contributed by atoms with E-state index >= 15 is 0 Å². The first-order valence-corrected chi connectivity index (χ1v) is 3.72. The Kier molecular flexibility index (Phi) is 3.86. The van der Waals surface area contributed by atoms with Gasteiger partial charge in [0.2, 0.25) is 13.8 Å². The third kappa shape index (κ3) is 6.01. The lowest BCUT2D eigenvalue weighted by Crippen LogP contribution is -2.11. The SMILES string of the molecule is CCO/[P+]([O-])=C/C(F)(F)F. The highest BCUT2D eigenvalue weighted by Crippen LogP contribution is 2.20. The van der Waals surface area contributed by atoms with Gasteiger partial charge in [0.15, 0.2) is 0 Å². The van der Waals surface area contributed by atoms with Crippen molar-refractivity contribution < 1.29 is 22.6 Å². The van der Waals surface area contributed by atoms with Gasteiger partial charge in [-0.25, -0.2) is 0 Å². The standard InChI is InChI=1S/C4H6F3O2P/c1-2-9-10(8)3-4(5,6)7/h3H,2H2,1H3. The van der Waals surface area contributed by atoms with Crippen LogP contribution in [-0.2, 0) is 4.52 Å². The molecule has 0 spiro atoms. The summed E-state index contributed by atoms with van der Waals surface area (Å²) in [6.45, 7) is 1.49. The van der Waals surface area contributed by atoms with Crippen LogP contribution in [0.5, 0.6) is 0 Å². The van der Waals surface area contributed by atoms with E-state index in [1.54, 1.807) is 0 Å². The molecule has 0 rings (SSSR count). The van der Waals surface area contributed by atoms with Crippen LogP contribution in [0.25, 0.3) is 0 Å². The van der Waals surface area contributed by atoms with Crippen LogP contribution in [0.1, 0.15) is 6.92 Å². The molecule has 0 aliphatic rings. The molecular formula is C4H6F3O2P. The smallest absolute Gasteiger partial charge is 0.451 e. The first kappa shape index (κ1) is 9.88. The van der Waals surface area contributed by atoms with Gasteiger partial charge in [-0.15, -0.1) is 0 Å². The monoisotopic (exact) mass is 174 g/mol. The lowest BCUT2D eigenvalue weighted by Gasteiger charge is -1.97. The van der Waals surface area contributed by atoms with Gasteiger partial charge in [0.25, 0.3) is 0 Å². The van der Waals surface area contributed by atoms with Crippen molar-refractivity contribution in [2.24, 2.45) is 0 Å². The van der Waals surface area contributed by atoms with E-state index in [0.29, 0.717) is 0 Å². The Morgan fingerprint density at radius 3 is 2.40 bits per heavy atom. The molecular weight excluding hydrogens is 168 g/mol. The molecule has 0 heterocycles. The van der Waals surface area contributed by atoms with Crippen molar-refractivity contribution in [2.45, 2.75) is 13.1 Å². The molecule has 0 aromatic rings. The van der Waals surface area contributed by atoms with E-state index in [0.717, 1.165) is 0 Å². The summed E-state index contributed by atoms with van der Waals surface area (Å²) >= 11 is 0. The Labute approximate surface area is 57.2 Å². The van der Waals surface area contributed by atoms with Crippen LogP contribution in [0.15, 0.2) is 0 Å². The van der Waals surface area contributed by atoms with Crippen molar-refractivity contribution in [3.63, 3.8) is 0 Å². The minimum atomic E-state index is -4.51. The fourth-order valence-electron chi connectivity index (χ4n) is 0.284. The summed E-state index contributed by atoms with van der Waals surface area (Å²) in [7, 11) is -2.67. The van der Waals surface area contributed by atoms with Gasteiger partial charge in [-0.1, -0.05) is 0 Å². The molecule has 0 aromatic carbocycles. The molecule has 0 radical (unpaired) electrons. The second kappa shape index (κ2) is 3.91. The zero-order valence-electron chi connectivity index (χ0n) is 5.18. The van der Waals surface area contributed by atoms with Gasteiger partial charge in [-0.3, -0.25) is 0 Å². The molecule has 0 saturated heterocycles. The molecule has 0 aliphatic carbocycles. The summed E-state index contributed by atoms with van der Waals surface area (Å²) in [6.07, 6.45) is -4.51.